The highest BCUT2D eigenvalue weighted by molar-refractivity contribution is 5.87. The zero-order valence-electron chi connectivity index (χ0n) is 9.53. The molecule has 1 heterocycles. The summed E-state index contributed by atoms with van der Waals surface area (Å²) >= 11 is 0. The summed E-state index contributed by atoms with van der Waals surface area (Å²) in [4.78, 5) is 15.2. The van der Waals surface area contributed by atoms with Gasteiger partial charge in [0.15, 0.2) is 5.69 Å². The van der Waals surface area contributed by atoms with Crippen molar-refractivity contribution in [1.29, 1.82) is 0 Å². The Kier molecular flexibility index (Phi) is 4.78. The molecule has 0 amide bonds. The number of esters is 1. The Bertz CT molecular complexity index is 334. The maximum Gasteiger partial charge on any atom is 0.360 e. The second-order valence-corrected chi connectivity index (χ2v) is 3.24. The summed E-state index contributed by atoms with van der Waals surface area (Å²) in [5, 5.41) is 2.99. The van der Waals surface area contributed by atoms with Gasteiger partial charge in [-0.2, -0.15) is 4.98 Å². The van der Waals surface area contributed by atoms with Gasteiger partial charge in [-0.3, -0.25) is 0 Å². The molecule has 6 heteroatoms. The molecule has 0 fully saturated rings. The van der Waals surface area contributed by atoms with Crippen LogP contribution in [0.4, 0.5) is 6.01 Å². The summed E-state index contributed by atoms with van der Waals surface area (Å²) in [5.74, 6) is -0.486. The van der Waals surface area contributed by atoms with Gasteiger partial charge >= 0.3 is 5.97 Å². The Morgan fingerprint density at radius 2 is 2.44 bits per heavy atom. The quantitative estimate of drug-likeness (QED) is 0.704. The summed E-state index contributed by atoms with van der Waals surface area (Å²) in [6, 6.07) is 0.383. The lowest BCUT2D eigenvalue weighted by molar-refractivity contribution is 0.0519. The van der Waals surface area contributed by atoms with E-state index in [1.807, 2.05) is 6.92 Å². The van der Waals surface area contributed by atoms with Crippen LogP contribution in [0.1, 0.15) is 30.8 Å². The van der Waals surface area contributed by atoms with Crippen LogP contribution >= 0.6 is 0 Å². The number of ether oxygens (including phenoxy) is 1. The normalized spacial score (nSPS) is 12.2. The van der Waals surface area contributed by atoms with Gasteiger partial charge in [0.2, 0.25) is 0 Å². The third-order valence-corrected chi connectivity index (χ3v) is 2.09. The van der Waals surface area contributed by atoms with Crippen molar-refractivity contribution in [1.82, 2.24) is 4.98 Å². The average molecular weight is 227 g/mol. The van der Waals surface area contributed by atoms with Crippen molar-refractivity contribution in [3.63, 3.8) is 0 Å². The minimum absolute atomic E-state index is 0.0914. The van der Waals surface area contributed by atoms with E-state index < -0.39 is 5.97 Å². The monoisotopic (exact) mass is 227 g/mol. The summed E-state index contributed by atoms with van der Waals surface area (Å²) < 4.78 is 9.87. The van der Waals surface area contributed by atoms with Crippen LogP contribution < -0.4 is 11.1 Å². The van der Waals surface area contributed by atoms with Crippen molar-refractivity contribution in [2.24, 2.45) is 5.73 Å². The Balaban J connectivity index is 2.60. The van der Waals surface area contributed by atoms with Crippen LogP contribution in [0.3, 0.4) is 0 Å². The van der Waals surface area contributed by atoms with Gasteiger partial charge in [-0.1, -0.05) is 6.92 Å². The highest BCUT2D eigenvalue weighted by Crippen LogP contribution is 2.10. The van der Waals surface area contributed by atoms with Crippen molar-refractivity contribution in [2.45, 2.75) is 26.3 Å². The van der Waals surface area contributed by atoms with Gasteiger partial charge < -0.3 is 20.2 Å². The molecular formula is C10H17N3O3. The standard InChI is InChI=1S/C10H17N3O3/c1-3-7(5-11)12-10-13-8(6-16-10)9(14)15-4-2/h6-7H,3-5,11H2,1-2H3,(H,12,13). The van der Waals surface area contributed by atoms with E-state index in [9.17, 15) is 4.79 Å². The summed E-state index contributed by atoms with van der Waals surface area (Å²) in [6.07, 6.45) is 2.12. The van der Waals surface area contributed by atoms with Gasteiger partial charge in [-0.25, -0.2) is 4.79 Å². The van der Waals surface area contributed by atoms with Crippen LogP contribution in [0.5, 0.6) is 0 Å². The number of anilines is 1. The van der Waals surface area contributed by atoms with Gasteiger partial charge in [0.05, 0.1) is 6.61 Å². The molecule has 0 bridgehead atoms. The Morgan fingerprint density at radius 1 is 1.69 bits per heavy atom. The molecule has 0 aliphatic carbocycles. The molecule has 0 saturated carbocycles. The van der Waals surface area contributed by atoms with Crippen molar-refractivity contribution < 1.29 is 13.9 Å². The molecule has 90 valence electrons. The minimum Gasteiger partial charge on any atom is -0.461 e. The van der Waals surface area contributed by atoms with Gasteiger partial charge in [0.25, 0.3) is 6.01 Å². The van der Waals surface area contributed by atoms with Gasteiger partial charge in [0, 0.05) is 12.6 Å². The van der Waals surface area contributed by atoms with E-state index in [-0.39, 0.29) is 11.7 Å². The Hall–Kier alpha value is -1.56. The van der Waals surface area contributed by atoms with Gasteiger partial charge in [-0.05, 0) is 13.3 Å². The number of carbonyl (C=O) groups excluding carboxylic acids is 1. The largest absolute Gasteiger partial charge is 0.461 e. The maximum atomic E-state index is 11.3. The molecule has 0 aliphatic heterocycles. The predicted molar refractivity (Wildman–Crippen MR) is 59.2 cm³/mol. The first kappa shape index (κ1) is 12.5. The number of nitrogens with one attached hydrogen (secondary N) is 1. The van der Waals surface area contributed by atoms with Crippen LogP contribution in [0.25, 0.3) is 0 Å². The number of nitrogens with two attached hydrogens (primary N) is 1. The lowest BCUT2D eigenvalue weighted by Gasteiger charge is -2.11. The highest BCUT2D eigenvalue weighted by Gasteiger charge is 2.14. The second kappa shape index (κ2) is 6.12. The number of nitrogens with zero attached hydrogens (tertiary/aromatic N) is 1. The average Bonchev–Trinajstić information content (AvgIpc) is 2.74. The van der Waals surface area contributed by atoms with Crippen LogP contribution in [0, 0.1) is 0 Å². The van der Waals surface area contributed by atoms with Crippen molar-refractivity contribution in [3.05, 3.63) is 12.0 Å². The minimum atomic E-state index is -0.486. The number of hydrogen-bond donors (Lipinski definition) is 2. The molecule has 1 aromatic heterocycles. The second-order valence-electron chi connectivity index (χ2n) is 3.24. The van der Waals surface area contributed by atoms with E-state index in [4.69, 9.17) is 14.9 Å². The van der Waals surface area contributed by atoms with E-state index in [1.54, 1.807) is 6.92 Å². The van der Waals surface area contributed by atoms with Crippen LogP contribution in [-0.4, -0.2) is 30.1 Å². The topological polar surface area (TPSA) is 90.4 Å². The smallest absolute Gasteiger partial charge is 0.360 e. The molecule has 0 radical (unpaired) electrons. The highest BCUT2D eigenvalue weighted by atomic mass is 16.5. The molecule has 0 aliphatic rings. The molecule has 1 atom stereocenters. The summed E-state index contributed by atoms with van der Waals surface area (Å²) in [6.45, 7) is 4.53. The predicted octanol–water partition coefficient (Wildman–Crippen LogP) is 1.00. The lowest BCUT2D eigenvalue weighted by Crippen LogP contribution is -2.28. The summed E-state index contributed by atoms with van der Waals surface area (Å²) in [5.41, 5.74) is 5.69. The first-order valence-corrected chi connectivity index (χ1v) is 5.30. The fourth-order valence-corrected chi connectivity index (χ4v) is 1.14. The Morgan fingerprint density at radius 3 is 3.00 bits per heavy atom. The molecule has 1 unspecified atom stereocenters. The number of oxazole rings is 1. The van der Waals surface area contributed by atoms with Crippen LogP contribution in [0.15, 0.2) is 10.7 Å². The third kappa shape index (κ3) is 3.23. The Labute approximate surface area is 94.2 Å². The van der Waals surface area contributed by atoms with E-state index in [0.29, 0.717) is 19.2 Å². The number of rotatable bonds is 6. The van der Waals surface area contributed by atoms with Crippen LogP contribution in [0.2, 0.25) is 0 Å². The molecule has 1 aromatic rings. The lowest BCUT2D eigenvalue weighted by atomic mass is 10.2. The first-order valence-electron chi connectivity index (χ1n) is 5.30. The molecular weight excluding hydrogens is 210 g/mol. The third-order valence-electron chi connectivity index (χ3n) is 2.09. The number of aromatic nitrogens is 1. The molecule has 16 heavy (non-hydrogen) atoms. The molecule has 0 spiro atoms. The van der Waals surface area contributed by atoms with Crippen molar-refractivity contribution in [2.75, 3.05) is 18.5 Å². The molecule has 1 rings (SSSR count). The number of carbonyl (C=O) groups is 1. The van der Waals surface area contributed by atoms with E-state index in [0.717, 1.165) is 6.42 Å². The fraction of sp³-hybridized carbons (Fsp3) is 0.600. The zero-order valence-corrected chi connectivity index (χ0v) is 9.53. The molecule has 0 saturated heterocycles. The summed E-state index contributed by atoms with van der Waals surface area (Å²) in [7, 11) is 0. The van der Waals surface area contributed by atoms with Gasteiger partial charge in [0.1, 0.15) is 6.26 Å². The SMILES string of the molecule is CCOC(=O)c1coc(NC(CC)CN)n1. The van der Waals surface area contributed by atoms with E-state index >= 15 is 0 Å². The number of hydrogen-bond acceptors (Lipinski definition) is 6. The van der Waals surface area contributed by atoms with E-state index in [2.05, 4.69) is 10.3 Å². The molecule has 3 N–H and O–H groups in total. The zero-order chi connectivity index (χ0) is 12.0. The van der Waals surface area contributed by atoms with E-state index in [1.165, 1.54) is 6.26 Å². The van der Waals surface area contributed by atoms with Crippen molar-refractivity contribution in [3.8, 4) is 0 Å². The fourth-order valence-electron chi connectivity index (χ4n) is 1.14. The first-order chi connectivity index (χ1) is 7.71. The molecule has 6 nitrogen and oxygen atoms in total. The van der Waals surface area contributed by atoms with Crippen LogP contribution in [-0.2, 0) is 4.74 Å². The van der Waals surface area contributed by atoms with Crippen molar-refractivity contribution >= 4 is 12.0 Å². The molecule has 0 aromatic carbocycles. The van der Waals surface area contributed by atoms with Gasteiger partial charge in [-0.15, -0.1) is 0 Å². The maximum absolute atomic E-state index is 11.3.